The van der Waals surface area contributed by atoms with Crippen molar-refractivity contribution in [2.45, 2.75) is 17.9 Å². The van der Waals surface area contributed by atoms with Crippen molar-refractivity contribution >= 4 is 45.0 Å². The van der Waals surface area contributed by atoms with E-state index < -0.39 is 0 Å². The second-order valence-corrected chi connectivity index (χ2v) is 9.15. The van der Waals surface area contributed by atoms with E-state index in [9.17, 15) is 9.90 Å². The van der Waals surface area contributed by atoms with Gasteiger partial charge in [-0.15, -0.1) is 0 Å². The molecule has 174 valence electrons. The van der Waals surface area contributed by atoms with E-state index in [0.717, 1.165) is 43.6 Å². The Morgan fingerprint density at radius 1 is 1.26 bits per heavy atom. The van der Waals surface area contributed by atoms with Gasteiger partial charge in [0.1, 0.15) is 5.75 Å². The van der Waals surface area contributed by atoms with Crippen LogP contribution in [0.1, 0.15) is 12.0 Å². The number of phenolic OH excluding ortho intramolecular Hbond substituents is 1. The number of imidazole rings is 1. The zero-order valence-corrected chi connectivity index (χ0v) is 20.1. The van der Waals surface area contributed by atoms with Gasteiger partial charge in [0.15, 0.2) is 11.7 Å². The molecule has 0 fully saturated rings. The third-order valence-corrected chi connectivity index (χ3v) is 7.06. The van der Waals surface area contributed by atoms with Crippen LogP contribution in [0, 0.1) is 0 Å². The minimum atomic E-state index is -0.0956. The third kappa shape index (κ3) is 3.25. The van der Waals surface area contributed by atoms with E-state index in [1.807, 2.05) is 37.3 Å². The molecule has 0 atom stereocenters. The number of nitrogens with zero attached hydrogens (tertiary/aromatic N) is 5. The highest BCUT2D eigenvalue weighted by molar-refractivity contribution is 7.98. The fourth-order valence-corrected chi connectivity index (χ4v) is 5.67. The maximum Gasteiger partial charge on any atom is 0.259 e. The van der Waals surface area contributed by atoms with Crippen molar-refractivity contribution < 1.29 is 9.67 Å². The summed E-state index contributed by atoms with van der Waals surface area (Å²) in [5, 5.41) is 12.9. The van der Waals surface area contributed by atoms with Crippen LogP contribution in [0.25, 0.3) is 38.6 Å². The molecule has 0 unspecified atom stereocenters. The van der Waals surface area contributed by atoms with Gasteiger partial charge in [0, 0.05) is 29.1 Å². The topological polar surface area (TPSA) is 128 Å². The van der Waals surface area contributed by atoms with Crippen LogP contribution in [0.3, 0.4) is 0 Å². The molecule has 4 aromatic heterocycles. The van der Waals surface area contributed by atoms with Crippen LogP contribution in [-0.4, -0.2) is 37.8 Å². The summed E-state index contributed by atoms with van der Waals surface area (Å²) in [5.74, 6) is 0.189. The zero-order valence-electron chi connectivity index (χ0n) is 19.2. The van der Waals surface area contributed by atoms with Gasteiger partial charge in [-0.3, -0.25) is 19.2 Å². The Morgan fingerprint density at radius 3 is 2.79 bits per heavy atom. The zero-order chi connectivity index (χ0) is 24.1. The number of aryl methyl sites for hydroxylation is 2. The number of hydrogen-bond acceptors (Lipinski definition) is 5. The van der Waals surface area contributed by atoms with Crippen LogP contribution in [-0.2, 0) is 20.5 Å². The van der Waals surface area contributed by atoms with Crippen molar-refractivity contribution in [3.05, 3.63) is 52.7 Å². The molecule has 34 heavy (non-hydrogen) atoms. The van der Waals surface area contributed by atoms with Gasteiger partial charge in [0.25, 0.3) is 5.56 Å². The quantitative estimate of drug-likeness (QED) is 0.113. The predicted octanol–water partition coefficient (Wildman–Crippen LogP) is 1.90. The van der Waals surface area contributed by atoms with E-state index in [-0.39, 0.29) is 17.3 Å². The predicted molar refractivity (Wildman–Crippen MR) is 136 cm³/mol. The number of benzene rings is 1. The molecule has 1 aromatic carbocycles. The van der Waals surface area contributed by atoms with Gasteiger partial charge in [-0.1, -0.05) is 11.8 Å². The number of aromatic hydroxyl groups is 1. The summed E-state index contributed by atoms with van der Waals surface area (Å²) < 4.78 is 5.82. The number of guanidine groups is 1. The highest BCUT2D eigenvalue weighted by Gasteiger charge is 2.30. The van der Waals surface area contributed by atoms with Crippen molar-refractivity contribution in [3.63, 3.8) is 0 Å². The SMILES string of the molecule is CSc1c(-c2c(CCCN=C(N)N)c(=O)n3c4ccc(O)cc4c4ccnc2c43)n(C)c[n+]1C. The van der Waals surface area contributed by atoms with E-state index in [1.165, 1.54) is 0 Å². The molecule has 10 heteroatoms. The first kappa shape index (κ1) is 22.0. The minimum absolute atomic E-state index is 0.0354. The number of rotatable bonds is 6. The lowest BCUT2D eigenvalue weighted by Crippen LogP contribution is -2.27. The van der Waals surface area contributed by atoms with Gasteiger partial charge in [-0.05, 0) is 43.4 Å². The Labute approximate surface area is 199 Å². The molecule has 0 amide bonds. The normalized spacial score (nSPS) is 11.7. The fraction of sp³-hybridized carbons (Fsp3) is 0.250. The number of phenols is 1. The molecule has 0 bridgehead atoms. The maximum atomic E-state index is 14.1. The molecule has 4 heterocycles. The minimum Gasteiger partial charge on any atom is -0.508 e. The summed E-state index contributed by atoms with van der Waals surface area (Å²) in [5.41, 5.74) is 15.6. The molecule has 0 spiro atoms. The number of aromatic nitrogens is 4. The van der Waals surface area contributed by atoms with Gasteiger partial charge >= 0.3 is 0 Å². The first-order valence-corrected chi connectivity index (χ1v) is 12.1. The molecule has 0 saturated heterocycles. The standard InChI is InChI=1S/C24H25N7O2S/c1-29-12-30(2)23(34-3)21(29)18-15(5-4-9-28-24(25)26)22(33)31-17-7-6-13(32)11-16(17)14-8-10-27-19(18)20(14)31/h6-8,10-12H,4-5,9H2,1-3H3,(H4-,25,26,28,32)/p+1. The molecule has 0 aliphatic rings. The van der Waals surface area contributed by atoms with Gasteiger partial charge in [0.2, 0.25) is 11.4 Å². The molecular weight excluding hydrogens is 450 g/mol. The van der Waals surface area contributed by atoms with Crippen LogP contribution in [0.2, 0.25) is 0 Å². The van der Waals surface area contributed by atoms with Crippen LogP contribution in [0.4, 0.5) is 0 Å². The fourth-order valence-electron chi connectivity index (χ4n) is 4.89. The van der Waals surface area contributed by atoms with Gasteiger partial charge in [0.05, 0.1) is 36.2 Å². The second-order valence-electron chi connectivity index (χ2n) is 8.36. The summed E-state index contributed by atoms with van der Waals surface area (Å²) in [7, 11) is 3.97. The summed E-state index contributed by atoms with van der Waals surface area (Å²) >= 11 is 1.62. The van der Waals surface area contributed by atoms with Crippen LogP contribution < -0.4 is 21.6 Å². The summed E-state index contributed by atoms with van der Waals surface area (Å²) in [6.07, 6.45) is 6.89. The monoisotopic (exact) mass is 476 g/mol. The molecule has 0 radical (unpaired) electrons. The second kappa shape index (κ2) is 8.21. The van der Waals surface area contributed by atoms with Crippen molar-refractivity contribution in [1.29, 1.82) is 0 Å². The number of pyridine rings is 2. The highest BCUT2D eigenvalue weighted by Crippen LogP contribution is 2.39. The van der Waals surface area contributed by atoms with Crippen molar-refractivity contribution in [1.82, 2.24) is 14.0 Å². The van der Waals surface area contributed by atoms with Gasteiger partial charge < -0.3 is 16.6 Å². The number of fused-ring (bicyclic) bond motifs is 3. The Kier molecular flexibility index (Phi) is 5.32. The summed E-state index contributed by atoms with van der Waals surface area (Å²) in [6.45, 7) is 0.424. The van der Waals surface area contributed by atoms with Crippen LogP contribution >= 0.6 is 11.8 Å². The summed E-state index contributed by atoms with van der Waals surface area (Å²) in [4.78, 5) is 23.0. The molecule has 9 nitrogen and oxygen atoms in total. The smallest absolute Gasteiger partial charge is 0.259 e. The van der Waals surface area contributed by atoms with Crippen LogP contribution in [0.15, 0.2) is 51.6 Å². The van der Waals surface area contributed by atoms with Crippen molar-refractivity contribution in [3.8, 4) is 17.0 Å². The van der Waals surface area contributed by atoms with E-state index >= 15 is 0 Å². The van der Waals surface area contributed by atoms with E-state index in [4.69, 9.17) is 16.5 Å². The molecule has 0 saturated carbocycles. The Bertz CT molecular complexity index is 1650. The largest absolute Gasteiger partial charge is 0.508 e. The molecular formula is C24H26N7O2S+. The third-order valence-electron chi connectivity index (χ3n) is 6.19. The molecule has 5 N–H and O–H groups in total. The number of nitrogens with two attached hydrogens (primary N) is 2. The lowest BCUT2D eigenvalue weighted by atomic mass is 9.99. The van der Waals surface area contributed by atoms with Gasteiger partial charge in [-0.25, -0.2) is 9.13 Å². The van der Waals surface area contributed by atoms with E-state index in [1.54, 1.807) is 40.6 Å². The number of thioether (sulfide) groups is 1. The molecule has 0 aliphatic heterocycles. The number of aliphatic imine (C=N–C) groups is 1. The average Bonchev–Trinajstić information content (AvgIpc) is 3.27. The van der Waals surface area contributed by atoms with Crippen LogP contribution in [0.5, 0.6) is 5.75 Å². The van der Waals surface area contributed by atoms with E-state index in [2.05, 4.69) is 9.56 Å². The number of hydrogen-bond donors (Lipinski definition) is 3. The van der Waals surface area contributed by atoms with Crippen molar-refractivity contribution in [2.24, 2.45) is 30.6 Å². The average molecular weight is 477 g/mol. The summed E-state index contributed by atoms with van der Waals surface area (Å²) in [6, 6.07) is 6.98. The first-order chi connectivity index (χ1) is 16.3. The molecule has 0 aliphatic carbocycles. The Morgan fingerprint density at radius 2 is 2.06 bits per heavy atom. The maximum absolute atomic E-state index is 14.1. The lowest BCUT2D eigenvalue weighted by molar-refractivity contribution is -0.706. The Balaban J connectivity index is 1.92. The molecule has 5 rings (SSSR count). The lowest BCUT2D eigenvalue weighted by Gasteiger charge is -2.12. The highest BCUT2D eigenvalue weighted by atomic mass is 32.2. The molecule has 5 aromatic rings. The van der Waals surface area contributed by atoms with E-state index in [0.29, 0.717) is 24.9 Å². The van der Waals surface area contributed by atoms with Crippen molar-refractivity contribution in [2.75, 3.05) is 12.8 Å². The van der Waals surface area contributed by atoms with Gasteiger partial charge in [-0.2, -0.15) is 0 Å². The first-order valence-electron chi connectivity index (χ1n) is 10.9. The Hall–Kier alpha value is -3.79.